The van der Waals surface area contributed by atoms with Crippen molar-refractivity contribution >= 4 is 36.9 Å². The molecule has 7 heteroatoms. The highest BCUT2D eigenvalue weighted by molar-refractivity contribution is 14.1. The summed E-state index contributed by atoms with van der Waals surface area (Å²) in [5.74, 6) is -0.181. The average molecular weight is 513 g/mol. The number of rotatable bonds is 7. The standard InChI is InChI=1S/C20H37IO5Si/c1-20(2,3)27(4,5)26-17-9-7-13-24-18(17)14-19(22)25-16-8-6-12-23-15(16)10-11-21/h15-18H,6-14H2,1-5H3/t15-,16+,17-,18+/m0/s1. The summed E-state index contributed by atoms with van der Waals surface area (Å²) in [6.07, 6.45) is 4.67. The first-order chi connectivity index (χ1) is 12.6. The average Bonchev–Trinajstić information content (AvgIpc) is 2.57. The van der Waals surface area contributed by atoms with Crippen LogP contribution in [-0.4, -0.2) is 56.3 Å². The molecule has 27 heavy (non-hydrogen) atoms. The van der Waals surface area contributed by atoms with Gasteiger partial charge in [0.25, 0.3) is 0 Å². The quantitative estimate of drug-likeness (QED) is 0.211. The number of hydrogen-bond donors (Lipinski definition) is 0. The maximum absolute atomic E-state index is 12.6. The van der Waals surface area contributed by atoms with Crippen molar-refractivity contribution in [3.8, 4) is 0 Å². The molecule has 0 aliphatic carbocycles. The minimum Gasteiger partial charge on any atom is -0.460 e. The van der Waals surface area contributed by atoms with Gasteiger partial charge in [-0.2, -0.15) is 0 Å². The van der Waals surface area contributed by atoms with Gasteiger partial charge in [-0.25, -0.2) is 0 Å². The predicted octanol–water partition coefficient (Wildman–Crippen LogP) is 4.86. The van der Waals surface area contributed by atoms with E-state index in [0.29, 0.717) is 6.61 Å². The zero-order valence-corrected chi connectivity index (χ0v) is 20.8. The molecule has 2 rings (SSSR count). The Bertz CT molecular complexity index is 477. The van der Waals surface area contributed by atoms with E-state index in [1.165, 1.54) is 0 Å². The third-order valence-corrected chi connectivity index (χ3v) is 11.2. The molecule has 5 nitrogen and oxygen atoms in total. The van der Waals surface area contributed by atoms with Gasteiger partial charge in [-0.1, -0.05) is 43.4 Å². The van der Waals surface area contributed by atoms with Crippen molar-refractivity contribution in [3.63, 3.8) is 0 Å². The summed E-state index contributed by atoms with van der Waals surface area (Å²) < 4.78 is 25.2. The topological polar surface area (TPSA) is 54.0 Å². The fourth-order valence-corrected chi connectivity index (χ4v) is 5.39. The molecule has 4 atom stereocenters. The van der Waals surface area contributed by atoms with Gasteiger partial charge in [0, 0.05) is 17.6 Å². The van der Waals surface area contributed by atoms with Crippen LogP contribution < -0.4 is 0 Å². The molecule has 2 aliphatic rings. The second-order valence-electron chi connectivity index (χ2n) is 9.23. The largest absolute Gasteiger partial charge is 0.460 e. The summed E-state index contributed by atoms with van der Waals surface area (Å²) in [5, 5.41) is 0.140. The van der Waals surface area contributed by atoms with Crippen molar-refractivity contribution in [2.75, 3.05) is 17.6 Å². The monoisotopic (exact) mass is 512 g/mol. The smallest absolute Gasteiger partial charge is 0.308 e. The minimum atomic E-state index is -1.90. The van der Waals surface area contributed by atoms with Crippen LogP contribution in [0.3, 0.4) is 0 Å². The summed E-state index contributed by atoms with van der Waals surface area (Å²) in [6.45, 7) is 12.7. The van der Waals surface area contributed by atoms with Gasteiger partial charge < -0.3 is 18.6 Å². The first-order valence-corrected chi connectivity index (χ1v) is 14.7. The highest BCUT2D eigenvalue weighted by Crippen LogP contribution is 2.39. The first-order valence-electron chi connectivity index (χ1n) is 10.3. The normalized spacial score (nSPS) is 30.1. The van der Waals surface area contributed by atoms with Gasteiger partial charge in [0.15, 0.2) is 8.32 Å². The Hall–Kier alpha value is 0.297. The van der Waals surface area contributed by atoms with E-state index in [9.17, 15) is 4.79 Å². The molecule has 158 valence electrons. The van der Waals surface area contributed by atoms with E-state index in [2.05, 4.69) is 56.5 Å². The van der Waals surface area contributed by atoms with E-state index in [-0.39, 0.29) is 41.8 Å². The van der Waals surface area contributed by atoms with E-state index in [1.54, 1.807) is 0 Å². The summed E-state index contributed by atoms with van der Waals surface area (Å²) in [7, 11) is -1.90. The van der Waals surface area contributed by atoms with Crippen LogP contribution in [-0.2, 0) is 23.4 Å². The molecule has 0 radical (unpaired) electrons. The molecule has 2 aliphatic heterocycles. The van der Waals surface area contributed by atoms with Crippen molar-refractivity contribution in [2.24, 2.45) is 0 Å². The minimum absolute atomic E-state index is 0.0139. The molecule has 2 saturated heterocycles. The number of esters is 1. The van der Waals surface area contributed by atoms with E-state index in [1.807, 2.05) is 0 Å². The van der Waals surface area contributed by atoms with Crippen molar-refractivity contribution in [2.45, 2.75) is 102 Å². The van der Waals surface area contributed by atoms with Crippen molar-refractivity contribution in [1.82, 2.24) is 0 Å². The Labute approximate surface area is 179 Å². The van der Waals surface area contributed by atoms with Gasteiger partial charge in [-0.15, -0.1) is 0 Å². The molecule has 0 saturated carbocycles. The van der Waals surface area contributed by atoms with Crippen molar-refractivity contribution in [3.05, 3.63) is 0 Å². The van der Waals surface area contributed by atoms with Crippen LogP contribution in [0.4, 0.5) is 0 Å². The summed E-state index contributed by atoms with van der Waals surface area (Å²) in [6, 6.07) is 0. The molecule has 0 aromatic carbocycles. The number of halogens is 1. The summed E-state index contributed by atoms with van der Waals surface area (Å²) in [5.41, 5.74) is 0. The van der Waals surface area contributed by atoms with Crippen LogP contribution in [0.25, 0.3) is 0 Å². The van der Waals surface area contributed by atoms with E-state index in [0.717, 1.165) is 43.1 Å². The van der Waals surface area contributed by atoms with Crippen molar-refractivity contribution < 1.29 is 23.4 Å². The molecule has 0 N–H and O–H groups in total. The molecule has 0 aromatic heterocycles. The Morgan fingerprint density at radius 3 is 2.26 bits per heavy atom. The van der Waals surface area contributed by atoms with Crippen LogP contribution in [0.2, 0.25) is 18.1 Å². The van der Waals surface area contributed by atoms with Gasteiger partial charge in [-0.3, -0.25) is 4.79 Å². The molecular formula is C20H37IO5Si. The lowest BCUT2D eigenvalue weighted by atomic mass is 10.0. The van der Waals surface area contributed by atoms with Crippen LogP contribution in [0.1, 0.15) is 59.3 Å². The maximum Gasteiger partial charge on any atom is 0.308 e. The summed E-state index contributed by atoms with van der Waals surface area (Å²) >= 11 is 2.35. The lowest BCUT2D eigenvalue weighted by Gasteiger charge is -2.42. The molecule has 0 aromatic rings. The molecule has 0 amide bonds. The molecule has 0 unspecified atom stereocenters. The Morgan fingerprint density at radius 2 is 1.67 bits per heavy atom. The third kappa shape index (κ3) is 6.94. The molecule has 2 heterocycles. The van der Waals surface area contributed by atoms with Crippen LogP contribution in [0, 0.1) is 0 Å². The van der Waals surface area contributed by atoms with Gasteiger partial charge in [0.1, 0.15) is 6.10 Å². The second-order valence-corrected chi connectivity index (χ2v) is 15.1. The predicted molar refractivity (Wildman–Crippen MR) is 118 cm³/mol. The first kappa shape index (κ1) is 23.6. The molecule has 0 bridgehead atoms. The van der Waals surface area contributed by atoms with E-state index in [4.69, 9.17) is 18.6 Å². The summed E-state index contributed by atoms with van der Waals surface area (Å²) in [4.78, 5) is 12.6. The molecular weight excluding hydrogens is 475 g/mol. The van der Waals surface area contributed by atoms with Gasteiger partial charge in [-0.05, 0) is 50.2 Å². The molecule has 2 fully saturated rings. The van der Waals surface area contributed by atoms with Crippen molar-refractivity contribution in [1.29, 1.82) is 0 Å². The second kappa shape index (κ2) is 10.4. The zero-order chi connectivity index (χ0) is 20.1. The van der Waals surface area contributed by atoms with Crippen LogP contribution in [0.15, 0.2) is 0 Å². The number of carbonyl (C=O) groups excluding carboxylic acids is 1. The van der Waals surface area contributed by atoms with E-state index >= 15 is 0 Å². The number of carbonyl (C=O) groups is 1. The maximum atomic E-state index is 12.6. The van der Waals surface area contributed by atoms with Crippen LogP contribution >= 0.6 is 22.6 Å². The third-order valence-electron chi connectivity index (χ3n) is 6.06. The van der Waals surface area contributed by atoms with Gasteiger partial charge in [0.05, 0.1) is 24.7 Å². The SMILES string of the molecule is CC(C)(C)[Si](C)(C)O[C@H]1CCCO[C@@H]1CC(=O)O[C@@H]1CCCO[C@H]1CCI. The Kier molecular flexibility index (Phi) is 9.05. The molecule has 0 spiro atoms. The van der Waals surface area contributed by atoms with E-state index < -0.39 is 8.32 Å². The van der Waals surface area contributed by atoms with Gasteiger partial charge in [0.2, 0.25) is 0 Å². The fraction of sp³-hybridized carbons (Fsp3) is 0.950. The number of alkyl halides is 1. The number of hydrogen-bond acceptors (Lipinski definition) is 5. The fourth-order valence-electron chi connectivity index (χ4n) is 3.40. The Balaban J connectivity index is 1.93. The zero-order valence-electron chi connectivity index (χ0n) is 17.6. The Morgan fingerprint density at radius 1 is 1.07 bits per heavy atom. The highest BCUT2D eigenvalue weighted by atomic mass is 127. The lowest BCUT2D eigenvalue weighted by Crippen LogP contribution is -2.49. The lowest BCUT2D eigenvalue weighted by molar-refractivity contribution is -0.170. The number of ether oxygens (including phenoxy) is 3. The van der Waals surface area contributed by atoms with Gasteiger partial charge >= 0.3 is 5.97 Å². The highest BCUT2D eigenvalue weighted by Gasteiger charge is 2.42. The van der Waals surface area contributed by atoms with Crippen LogP contribution in [0.5, 0.6) is 0 Å².